The van der Waals surface area contributed by atoms with Crippen LogP contribution in [0.15, 0.2) is 53.0 Å². The van der Waals surface area contributed by atoms with Gasteiger partial charge in [0.15, 0.2) is 0 Å². The maximum Gasteiger partial charge on any atom is 0.148 e. The second kappa shape index (κ2) is 6.69. The Morgan fingerprint density at radius 3 is 2.75 bits per heavy atom. The third-order valence-electron chi connectivity index (χ3n) is 4.41. The number of rotatable bonds is 3. The lowest BCUT2D eigenvalue weighted by Crippen LogP contribution is -2.39. The van der Waals surface area contributed by atoms with Crippen molar-refractivity contribution in [2.45, 2.75) is 18.9 Å². The summed E-state index contributed by atoms with van der Waals surface area (Å²) in [5, 5.41) is 0.294. The number of carbonyl (C=O) groups is 1. The third-order valence-corrected chi connectivity index (χ3v) is 5.20. The summed E-state index contributed by atoms with van der Waals surface area (Å²) < 4.78 is 15.4. The van der Waals surface area contributed by atoms with Crippen molar-refractivity contribution in [3.63, 3.8) is 0 Å². The number of benzene rings is 2. The molecule has 1 aliphatic heterocycles. The lowest BCUT2D eigenvalue weighted by molar-refractivity contribution is -0.109. The van der Waals surface area contributed by atoms with Crippen LogP contribution in [0.25, 0.3) is 0 Å². The molecule has 0 amide bonds. The lowest BCUT2D eigenvalue weighted by Gasteiger charge is -2.41. The second-order valence-corrected chi connectivity index (χ2v) is 7.30. The molecular formula is C19H16BrClFNO. The minimum Gasteiger partial charge on any atom is -0.353 e. The molecule has 24 heavy (non-hydrogen) atoms. The monoisotopic (exact) mass is 407 g/mol. The van der Waals surface area contributed by atoms with E-state index in [1.165, 1.54) is 6.07 Å². The zero-order valence-electron chi connectivity index (χ0n) is 13.1. The molecule has 0 saturated heterocycles. The molecular weight excluding hydrogens is 393 g/mol. The van der Waals surface area contributed by atoms with Crippen LogP contribution in [0.1, 0.15) is 30.0 Å². The van der Waals surface area contributed by atoms with Crippen LogP contribution in [-0.4, -0.2) is 12.8 Å². The van der Waals surface area contributed by atoms with Gasteiger partial charge in [0, 0.05) is 16.9 Å². The van der Waals surface area contributed by atoms with Gasteiger partial charge in [-0.2, -0.15) is 0 Å². The summed E-state index contributed by atoms with van der Waals surface area (Å²) in [6, 6.07) is 9.75. The zero-order valence-corrected chi connectivity index (χ0v) is 15.4. The van der Waals surface area contributed by atoms with Gasteiger partial charge in [0.2, 0.25) is 0 Å². The van der Waals surface area contributed by atoms with Gasteiger partial charge >= 0.3 is 0 Å². The molecule has 0 aromatic heterocycles. The SMILES string of the molecule is C=C(C)C1CN(c2c(F)cccc2Cl)C(C=O)c2ccc(Br)cc21. The van der Waals surface area contributed by atoms with E-state index in [-0.39, 0.29) is 11.6 Å². The first-order valence-electron chi connectivity index (χ1n) is 7.54. The van der Waals surface area contributed by atoms with Gasteiger partial charge in [0.1, 0.15) is 18.1 Å². The van der Waals surface area contributed by atoms with Crippen molar-refractivity contribution in [3.05, 3.63) is 75.0 Å². The summed E-state index contributed by atoms with van der Waals surface area (Å²) in [7, 11) is 0. The van der Waals surface area contributed by atoms with Crippen molar-refractivity contribution >= 4 is 39.5 Å². The summed E-state index contributed by atoms with van der Waals surface area (Å²) >= 11 is 9.72. The number of anilines is 1. The van der Waals surface area contributed by atoms with E-state index in [1.807, 2.05) is 25.1 Å². The molecule has 2 unspecified atom stereocenters. The molecule has 0 fully saturated rings. The first kappa shape index (κ1) is 17.2. The molecule has 5 heteroatoms. The van der Waals surface area contributed by atoms with Crippen LogP contribution < -0.4 is 4.90 Å². The number of fused-ring (bicyclic) bond motifs is 1. The Labute approximate surface area is 154 Å². The molecule has 0 bridgehead atoms. The Morgan fingerprint density at radius 1 is 1.38 bits per heavy atom. The molecule has 124 valence electrons. The van der Waals surface area contributed by atoms with E-state index in [0.717, 1.165) is 27.5 Å². The Balaban J connectivity index is 2.21. The number of para-hydroxylation sites is 1. The minimum absolute atomic E-state index is 0.00984. The number of hydrogen-bond acceptors (Lipinski definition) is 2. The maximum atomic E-state index is 14.4. The molecule has 0 aliphatic carbocycles. The fourth-order valence-corrected chi connectivity index (χ4v) is 3.91. The van der Waals surface area contributed by atoms with E-state index in [9.17, 15) is 9.18 Å². The van der Waals surface area contributed by atoms with Crippen LogP contribution in [0.2, 0.25) is 5.02 Å². The van der Waals surface area contributed by atoms with Gasteiger partial charge in [-0.3, -0.25) is 0 Å². The topological polar surface area (TPSA) is 20.3 Å². The van der Waals surface area contributed by atoms with E-state index in [1.54, 1.807) is 17.0 Å². The molecule has 0 spiro atoms. The van der Waals surface area contributed by atoms with Crippen LogP contribution in [-0.2, 0) is 4.79 Å². The Kier molecular flexibility index (Phi) is 4.79. The first-order chi connectivity index (χ1) is 11.4. The highest BCUT2D eigenvalue weighted by molar-refractivity contribution is 9.10. The Bertz CT molecular complexity index is 803. The lowest BCUT2D eigenvalue weighted by atomic mass is 9.82. The van der Waals surface area contributed by atoms with Gasteiger partial charge in [-0.05, 0) is 42.3 Å². The van der Waals surface area contributed by atoms with E-state index < -0.39 is 11.9 Å². The minimum atomic E-state index is -0.585. The highest BCUT2D eigenvalue weighted by Crippen LogP contribution is 2.44. The summed E-state index contributed by atoms with van der Waals surface area (Å²) in [4.78, 5) is 13.6. The molecule has 1 heterocycles. The van der Waals surface area contributed by atoms with Gasteiger partial charge in [-0.1, -0.05) is 51.8 Å². The van der Waals surface area contributed by atoms with Gasteiger partial charge in [-0.15, -0.1) is 0 Å². The molecule has 3 rings (SSSR count). The van der Waals surface area contributed by atoms with Gasteiger partial charge in [0.25, 0.3) is 0 Å². The fraction of sp³-hybridized carbons (Fsp3) is 0.211. The zero-order chi connectivity index (χ0) is 17.4. The first-order valence-corrected chi connectivity index (χ1v) is 8.71. The number of hydrogen-bond donors (Lipinski definition) is 0. The van der Waals surface area contributed by atoms with Gasteiger partial charge < -0.3 is 9.69 Å². The second-order valence-electron chi connectivity index (χ2n) is 5.98. The van der Waals surface area contributed by atoms with Crippen LogP contribution in [0, 0.1) is 5.82 Å². The quantitative estimate of drug-likeness (QED) is 0.482. The van der Waals surface area contributed by atoms with E-state index in [4.69, 9.17) is 11.6 Å². The van der Waals surface area contributed by atoms with E-state index in [0.29, 0.717) is 11.6 Å². The highest BCUT2D eigenvalue weighted by Gasteiger charge is 2.35. The van der Waals surface area contributed by atoms with Crippen molar-refractivity contribution in [3.8, 4) is 0 Å². The highest BCUT2D eigenvalue weighted by atomic mass is 79.9. The Morgan fingerprint density at radius 2 is 2.12 bits per heavy atom. The molecule has 2 nitrogen and oxygen atoms in total. The smallest absolute Gasteiger partial charge is 0.148 e. The number of halogens is 3. The molecule has 0 N–H and O–H groups in total. The summed E-state index contributed by atoms with van der Waals surface area (Å²) in [5.74, 6) is -0.445. The van der Waals surface area contributed by atoms with Crippen molar-refractivity contribution in [1.82, 2.24) is 0 Å². The number of aldehydes is 1. The van der Waals surface area contributed by atoms with E-state index >= 15 is 0 Å². The predicted molar refractivity (Wildman–Crippen MR) is 99.3 cm³/mol. The average Bonchev–Trinajstić information content (AvgIpc) is 2.53. The normalized spacial score (nSPS) is 19.8. The van der Waals surface area contributed by atoms with Crippen molar-refractivity contribution in [2.24, 2.45) is 0 Å². The predicted octanol–water partition coefficient (Wildman–Crippen LogP) is 5.66. The fourth-order valence-electron chi connectivity index (χ4n) is 3.26. The molecule has 0 saturated carbocycles. The molecule has 2 atom stereocenters. The van der Waals surface area contributed by atoms with Crippen molar-refractivity contribution < 1.29 is 9.18 Å². The number of nitrogens with zero attached hydrogens (tertiary/aromatic N) is 1. The third kappa shape index (κ3) is 2.89. The molecule has 2 aromatic rings. The Hall–Kier alpha value is -1.65. The number of carbonyl (C=O) groups excluding carboxylic acids is 1. The van der Waals surface area contributed by atoms with Crippen molar-refractivity contribution in [2.75, 3.05) is 11.4 Å². The van der Waals surface area contributed by atoms with Crippen LogP contribution in [0.5, 0.6) is 0 Å². The summed E-state index contributed by atoms with van der Waals surface area (Å²) in [6.07, 6.45) is 0.837. The van der Waals surface area contributed by atoms with Crippen LogP contribution >= 0.6 is 27.5 Å². The maximum absolute atomic E-state index is 14.4. The summed E-state index contributed by atoms with van der Waals surface area (Å²) in [6.45, 7) is 6.46. The van der Waals surface area contributed by atoms with E-state index in [2.05, 4.69) is 22.5 Å². The molecule has 0 radical (unpaired) electrons. The van der Waals surface area contributed by atoms with Crippen LogP contribution in [0.3, 0.4) is 0 Å². The average molecular weight is 409 g/mol. The van der Waals surface area contributed by atoms with Gasteiger partial charge in [-0.25, -0.2) is 4.39 Å². The largest absolute Gasteiger partial charge is 0.353 e. The standard InChI is InChI=1S/C19H16BrClFNO/c1-11(2)15-9-23(19-16(21)4-3-5-17(19)22)18(10-24)13-7-6-12(20)8-14(13)15/h3-8,10,15,18H,1,9H2,2H3. The van der Waals surface area contributed by atoms with Gasteiger partial charge in [0.05, 0.1) is 10.7 Å². The molecule has 1 aliphatic rings. The van der Waals surface area contributed by atoms with Crippen LogP contribution in [0.4, 0.5) is 10.1 Å². The van der Waals surface area contributed by atoms with Crippen molar-refractivity contribution in [1.29, 1.82) is 0 Å². The molecule has 2 aromatic carbocycles. The summed E-state index contributed by atoms with van der Waals surface area (Å²) in [5.41, 5.74) is 3.11.